The lowest BCUT2D eigenvalue weighted by atomic mass is 9.86. The van der Waals surface area contributed by atoms with Crippen molar-refractivity contribution in [2.75, 3.05) is 6.61 Å². The van der Waals surface area contributed by atoms with Crippen LogP contribution in [0.4, 0.5) is 0 Å². The Balaban J connectivity index is 1.97. The van der Waals surface area contributed by atoms with E-state index in [0.717, 1.165) is 25.9 Å². The zero-order chi connectivity index (χ0) is 13.2. The van der Waals surface area contributed by atoms with Crippen LogP contribution >= 0.6 is 0 Å². The summed E-state index contributed by atoms with van der Waals surface area (Å²) in [5.41, 5.74) is 9.11. The first-order chi connectivity index (χ1) is 8.47. The molecule has 2 N–H and O–H groups in total. The molecule has 0 saturated carbocycles. The second-order valence-corrected chi connectivity index (χ2v) is 6.37. The molecule has 2 atom stereocenters. The molecule has 0 radical (unpaired) electrons. The molecule has 2 unspecified atom stereocenters. The van der Waals surface area contributed by atoms with Crippen LogP contribution < -0.4 is 5.73 Å². The Kier molecular flexibility index (Phi) is 4.08. The summed E-state index contributed by atoms with van der Waals surface area (Å²) in [6, 6.07) is 8.98. The van der Waals surface area contributed by atoms with E-state index in [1.54, 1.807) is 0 Å². The maximum Gasteiger partial charge on any atom is 0.0730 e. The predicted octanol–water partition coefficient (Wildman–Crippen LogP) is 3.03. The summed E-state index contributed by atoms with van der Waals surface area (Å²) >= 11 is 0. The third-order valence-electron chi connectivity index (χ3n) is 3.73. The number of benzene rings is 1. The lowest BCUT2D eigenvalue weighted by Crippen LogP contribution is -2.36. The third-order valence-corrected chi connectivity index (χ3v) is 3.73. The number of rotatable bonds is 3. The average Bonchev–Trinajstić information content (AvgIpc) is 2.82. The van der Waals surface area contributed by atoms with Gasteiger partial charge in [0.1, 0.15) is 0 Å². The average molecular weight is 247 g/mol. The smallest absolute Gasteiger partial charge is 0.0730 e. The topological polar surface area (TPSA) is 35.2 Å². The molecule has 2 heteroatoms. The molecule has 2 nitrogen and oxygen atoms in total. The van der Waals surface area contributed by atoms with Crippen LogP contribution in [0.1, 0.15) is 44.7 Å². The number of hydrogen-bond donors (Lipinski definition) is 1. The first-order valence-electron chi connectivity index (χ1n) is 6.93. The highest BCUT2D eigenvalue weighted by Crippen LogP contribution is 2.23. The Morgan fingerprint density at radius 3 is 2.44 bits per heavy atom. The van der Waals surface area contributed by atoms with E-state index in [2.05, 4.69) is 45.0 Å². The van der Waals surface area contributed by atoms with Gasteiger partial charge in [0.05, 0.1) is 6.10 Å². The van der Waals surface area contributed by atoms with Crippen molar-refractivity contribution in [3.05, 3.63) is 35.4 Å². The molecule has 0 aromatic heterocycles. The van der Waals surface area contributed by atoms with E-state index in [9.17, 15) is 0 Å². The van der Waals surface area contributed by atoms with Gasteiger partial charge in [-0.3, -0.25) is 0 Å². The van der Waals surface area contributed by atoms with Crippen molar-refractivity contribution in [3.63, 3.8) is 0 Å². The Hall–Kier alpha value is -0.860. The van der Waals surface area contributed by atoms with Gasteiger partial charge in [-0.1, -0.05) is 45.0 Å². The molecule has 1 aromatic rings. The number of nitrogens with two attached hydrogens (primary N) is 1. The van der Waals surface area contributed by atoms with Crippen LogP contribution in [0.25, 0.3) is 0 Å². The molecule has 0 spiro atoms. The maximum absolute atomic E-state index is 6.21. The number of hydrogen-bond acceptors (Lipinski definition) is 2. The Labute approximate surface area is 111 Å². The molecule has 1 aliphatic heterocycles. The maximum atomic E-state index is 6.21. The zero-order valence-corrected chi connectivity index (χ0v) is 11.8. The Bertz CT molecular complexity index is 371. The van der Waals surface area contributed by atoms with Gasteiger partial charge < -0.3 is 10.5 Å². The van der Waals surface area contributed by atoms with Crippen LogP contribution in [0.15, 0.2) is 24.3 Å². The summed E-state index contributed by atoms with van der Waals surface area (Å²) in [4.78, 5) is 0. The van der Waals surface area contributed by atoms with Gasteiger partial charge >= 0.3 is 0 Å². The summed E-state index contributed by atoms with van der Waals surface area (Å²) in [6.45, 7) is 7.58. The van der Waals surface area contributed by atoms with Crippen LogP contribution in [0.5, 0.6) is 0 Å². The minimum Gasteiger partial charge on any atom is -0.377 e. The molecular weight excluding hydrogens is 222 g/mol. The molecule has 0 amide bonds. The van der Waals surface area contributed by atoms with Crippen LogP contribution in [0.3, 0.4) is 0 Å². The predicted molar refractivity (Wildman–Crippen MR) is 75.8 cm³/mol. The molecule has 18 heavy (non-hydrogen) atoms. The molecule has 0 bridgehead atoms. The zero-order valence-electron chi connectivity index (χ0n) is 11.8. The first-order valence-corrected chi connectivity index (χ1v) is 6.93. The van der Waals surface area contributed by atoms with Gasteiger partial charge in [0.2, 0.25) is 0 Å². The van der Waals surface area contributed by atoms with E-state index in [1.807, 2.05) is 0 Å². The van der Waals surface area contributed by atoms with Gasteiger partial charge in [0.25, 0.3) is 0 Å². The Morgan fingerprint density at radius 2 is 1.94 bits per heavy atom. The van der Waals surface area contributed by atoms with E-state index < -0.39 is 0 Å². The summed E-state index contributed by atoms with van der Waals surface area (Å²) < 4.78 is 5.64. The monoisotopic (exact) mass is 247 g/mol. The van der Waals surface area contributed by atoms with Gasteiger partial charge in [0.15, 0.2) is 0 Å². The summed E-state index contributed by atoms with van der Waals surface area (Å²) in [5.74, 6) is 0. The molecule has 1 saturated heterocycles. The quantitative estimate of drug-likeness (QED) is 0.891. The standard InChI is InChI=1S/C16H25NO/c1-16(2,3)13-8-6-12(7-9-13)11-14(17)15-5-4-10-18-15/h6-9,14-15H,4-5,10-11,17H2,1-3H3. The van der Waals surface area contributed by atoms with Crippen LogP contribution in [-0.4, -0.2) is 18.8 Å². The van der Waals surface area contributed by atoms with Crippen molar-refractivity contribution in [2.24, 2.45) is 5.73 Å². The van der Waals surface area contributed by atoms with E-state index in [-0.39, 0.29) is 17.6 Å². The highest BCUT2D eigenvalue weighted by molar-refractivity contribution is 5.28. The lowest BCUT2D eigenvalue weighted by molar-refractivity contribution is 0.0900. The van der Waals surface area contributed by atoms with Crippen molar-refractivity contribution in [1.82, 2.24) is 0 Å². The van der Waals surface area contributed by atoms with Crippen molar-refractivity contribution in [2.45, 2.75) is 57.6 Å². The van der Waals surface area contributed by atoms with Gasteiger partial charge in [-0.2, -0.15) is 0 Å². The number of ether oxygens (including phenoxy) is 1. The van der Waals surface area contributed by atoms with Gasteiger partial charge in [0, 0.05) is 12.6 Å². The second-order valence-electron chi connectivity index (χ2n) is 6.37. The molecular formula is C16H25NO. The Morgan fingerprint density at radius 1 is 1.28 bits per heavy atom. The SMILES string of the molecule is CC(C)(C)c1ccc(CC(N)C2CCCO2)cc1. The van der Waals surface area contributed by atoms with Crippen LogP contribution in [-0.2, 0) is 16.6 Å². The molecule has 1 aliphatic rings. The largest absolute Gasteiger partial charge is 0.377 e. The van der Waals surface area contributed by atoms with Crippen LogP contribution in [0.2, 0.25) is 0 Å². The van der Waals surface area contributed by atoms with E-state index in [0.29, 0.717) is 0 Å². The molecule has 2 rings (SSSR count). The molecule has 100 valence electrons. The fourth-order valence-corrected chi connectivity index (χ4v) is 2.48. The van der Waals surface area contributed by atoms with Gasteiger partial charge in [-0.15, -0.1) is 0 Å². The molecule has 1 fully saturated rings. The fraction of sp³-hybridized carbons (Fsp3) is 0.625. The van der Waals surface area contributed by atoms with Crippen molar-refractivity contribution in [1.29, 1.82) is 0 Å². The molecule has 1 heterocycles. The highest BCUT2D eigenvalue weighted by Gasteiger charge is 2.23. The lowest BCUT2D eigenvalue weighted by Gasteiger charge is -2.21. The normalized spacial score (nSPS) is 22.1. The summed E-state index contributed by atoms with van der Waals surface area (Å²) in [6.07, 6.45) is 3.43. The minimum absolute atomic E-state index is 0.132. The third kappa shape index (κ3) is 3.33. The van der Waals surface area contributed by atoms with E-state index in [4.69, 9.17) is 10.5 Å². The second kappa shape index (κ2) is 5.41. The fourth-order valence-electron chi connectivity index (χ4n) is 2.48. The summed E-state index contributed by atoms with van der Waals surface area (Å²) in [7, 11) is 0. The van der Waals surface area contributed by atoms with Gasteiger partial charge in [-0.25, -0.2) is 0 Å². The first kappa shape index (κ1) is 13.6. The van der Waals surface area contributed by atoms with E-state index >= 15 is 0 Å². The highest BCUT2D eigenvalue weighted by atomic mass is 16.5. The van der Waals surface area contributed by atoms with Crippen molar-refractivity contribution < 1.29 is 4.74 Å². The summed E-state index contributed by atoms with van der Waals surface area (Å²) in [5, 5.41) is 0. The van der Waals surface area contributed by atoms with Crippen LogP contribution in [0, 0.1) is 0 Å². The minimum atomic E-state index is 0.132. The molecule has 0 aliphatic carbocycles. The van der Waals surface area contributed by atoms with Crippen molar-refractivity contribution >= 4 is 0 Å². The molecule has 1 aromatic carbocycles. The van der Waals surface area contributed by atoms with Crippen molar-refractivity contribution in [3.8, 4) is 0 Å². The van der Waals surface area contributed by atoms with E-state index in [1.165, 1.54) is 11.1 Å². The van der Waals surface area contributed by atoms with Gasteiger partial charge in [-0.05, 0) is 35.8 Å².